The monoisotopic (exact) mass is 162 g/mol. The van der Waals surface area contributed by atoms with Crippen LogP contribution >= 0.6 is 25.3 Å². The van der Waals surface area contributed by atoms with Crippen molar-refractivity contribution in [1.29, 1.82) is 0 Å². The second-order valence-corrected chi connectivity index (χ2v) is 4.12. The number of hydrogen-bond donors (Lipinski definition) is 2. The van der Waals surface area contributed by atoms with Crippen molar-refractivity contribution >= 4 is 25.3 Å². The fourth-order valence-electron chi connectivity index (χ4n) is 1.57. The second kappa shape index (κ2) is 3.20. The molecular weight excluding hydrogens is 148 g/mol. The molecule has 0 aliphatic heterocycles. The lowest BCUT2D eigenvalue weighted by atomic mass is 10.1. The molecule has 0 bridgehead atoms. The van der Waals surface area contributed by atoms with Gasteiger partial charge < -0.3 is 0 Å². The van der Waals surface area contributed by atoms with Crippen LogP contribution in [0.25, 0.3) is 0 Å². The van der Waals surface area contributed by atoms with Gasteiger partial charge in [0.15, 0.2) is 0 Å². The third-order valence-electron chi connectivity index (χ3n) is 2.13. The average molecular weight is 162 g/mol. The highest BCUT2D eigenvalue weighted by molar-refractivity contribution is 7.81. The molecule has 1 rings (SSSR count). The molecule has 2 heteroatoms. The van der Waals surface area contributed by atoms with Gasteiger partial charge in [-0.05, 0) is 30.4 Å². The van der Waals surface area contributed by atoms with E-state index < -0.39 is 0 Å². The highest BCUT2D eigenvalue weighted by Crippen LogP contribution is 2.34. The van der Waals surface area contributed by atoms with Crippen LogP contribution in [-0.2, 0) is 0 Å². The molecule has 1 aliphatic carbocycles. The molecular formula is C7H14S2. The van der Waals surface area contributed by atoms with Crippen LogP contribution in [0.1, 0.15) is 19.8 Å². The zero-order valence-corrected chi connectivity index (χ0v) is 7.54. The zero-order chi connectivity index (χ0) is 6.85. The molecule has 0 nitrogen and oxygen atoms in total. The Morgan fingerprint density at radius 2 is 2.11 bits per heavy atom. The summed E-state index contributed by atoms with van der Waals surface area (Å²) in [6, 6.07) is 0. The lowest BCUT2D eigenvalue weighted by Gasteiger charge is -2.08. The van der Waals surface area contributed by atoms with E-state index in [1.165, 1.54) is 12.8 Å². The maximum Gasteiger partial charge on any atom is 0.00554 e. The highest BCUT2D eigenvalue weighted by Gasteiger charge is 2.27. The van der Waals surface area contributed by atoms with Crippen LogP contribution in [0.3, 0.4) is 0 Å². The SMILES string of the molecule is C[C@@H]1CC(CS)[C@H](S)C1. The first kappa shape index (κ1) is 7.80. The molecule has 9 heavy (non-hydrogen) atoms. The normalized spacial score (nSPS) is 43.7. The second-order valence-electron chi connectivity index (χ2n) is 3.09. The fourth-order valence-corrected chi connectivity index (χ4v) is 2.73. The quantitative estimate of drug-likeness (QED) is 0.543. The van der Waals surface area contributed by atoms with Gasteiger partial charge in [-0.2, -0.15) is 25.3 Å². The van der Waals surface area contributed by atoms with Crippen molar-refractivity contribution in [2.24, 2.45) is 11.8 Å². The number of thiol groups is 2. The van der Waals surface area contributed by atoms with Crippen LogP contribution < -0.4 is 0 Å². The predicted octanol–water partition coefficient (Wildman–Crippen LogP) is 2.26. The first-order valence-corrected chi connectivity index (χ1v) is 4.68. The topological polar surface area (TPSA) is 0 Å². The van der Waals surface area contributed by atoms with Crippen molar-refractivity contribution in [2.45, 2.75) is 25.0 Å². The average Bonchev–Trinajstić information content (AvgIpc) is 2.10. The molecule has 1 fully saturated rings. The Balaban J connectivity index is 2.38. The van der Waals surface area contributed by atoms with Gasteiger partial charge in [0.05, 0.1) is 0 Å². The lowest BCUT2D eigenvalue weighted by Crippen LogP contribution is -2.07. The lowest BCUT2D eigenvalue weighted by molar-refractivity contribution is 0.564. The van der Waals surface area contributed by atoms with Crippen molar-refractivity contribution in [3.63, 3.8) is 0 Å². The minimum absolute atomic E-state index is 0.623. The van der Waals surface area contributed by atoms with Crippen LogP contribution in [-0.4, -0.2) is 11.0 Å². The summed E-state index contributed by atoms with van der Waals surface area (Å²) in [6.45, 7) is 2.30. The summed E-state index contributed by atoms with van der Waals surface area (Å²) in [6.07, 6.45) is 2.62. The Labute approximate surface area is 68.2 Å². The molecule has 0 aromatic rings. The van der Waals surface area contributed by atoms with Gasteiger partial charge in [-0.15, -0.1) is 0 Å². The minimum atomic E-state index is 0.623. The van der Waals surface area contributed by atoms with Crippen LogP contribution in [0.4, 0.5) is 0 Å². The summed E-state index contributed by atoms with van der Waals surface area (Å²) < 4.78 is 0. The van der Waals surface area contributed by atoms with E-state index in [0.717, 1.165) is 17.6 Å². The molecule has 0 heterocycles. The van der Waals surface area contributed by atoms with Crippen LogP contribution in [0.15, 0.2) is 0 Å². The van der Waals surface area contributed by atoms with Crippen molar-refractivity contribution in [1.82, 2.24) is 0 Å². The smallest absolute Gasteiger partial charge is 0.00554 e. The van der Waals surface area contributed by atoms with Crippen LogP contribution in [0.5, 0.6) is 0 Å². The van der Waals surface area contributed by atoms with Gasteiger partial charge in [0, 0.05) is 5.25 Å². The minimum Gasteiger partial charge on any atom is -0.179 e. The van der Waals surface area contributed by atoms with Crippen LogP contribution in [0.2, 0.25) is 0 Å². The molecule has 0 saturated heterocycles. The number of hydrogen-bond acceptors (Lipinski definition) is 2. The van der Waals surface area contributed by atoms with Crippen molar-refractivity contribution in [3.8, 4) is 0 Å². The molecule has 1 unspecified atom stereocenters. The fraction of sp³-hybridized carbons (Fsp3) is 1.00. The molecule has 0 aromatic heterocycles. The van der Waals surface area contributed by atoms with Crippen molar-refractivity contribution in [2.75, 3.05) is 5.75 Å². The molecule has 0 aromatic carbocycles. The molecule has 0 spiro atoms. The van der Waals surface area contributed by atoms with E-state index in [1.54, 1.807) is 0 Å². The highest BCUT2D eigenvalue weighted by atomic mass is 32.1. The Morgan fingerprint density at radius 1 is 1.44 bits per heavy atom. The van der Waals surface area contributed by atoms with Gasteiger partial charge in [0.1, 0.15) is 0 Å². The molecule has 1 saturated carbocycles. The zero-order valence-electron chi connectivity index (χ0n) is 5.75. The summed E-state index contributed by atoms with van der Waals surface area (Å²) in [5, 5.41) is 0.623. The molecule has 0 radical (unpaired) electrons. The first-order valence-electron chi connectivity index (χ1n) is 3.53. The van der Waals surface area contributed by atoms with E-state index in [4.69, 9.17) is 0 Å². The predicted molar refractivity (Wildman–Crippen MR) is 48.5 cm³/mol. The van der Waals surface area contributed by atoms with E-state index in [9.17, 15) is 0 Å². The Hall–Kier alpha value is 0.700. The summed E-state index contributed by atoms with van der Waals surface area (Å²) in [5.41, 5.74) is 0. The summed E-state index contributed by atoms with van der Waals surface area (Å²) in [5.74, 6) is 2.66. The molecule has 0 N–H and O–H groups in total. The molecule has 0 amide bonds. The van der Waals surface area contributed by atoms with Gasteiger partial charge in [0.25, 0.3) is 0 Å². The molecule has 3 atom stereocenters. The summed E-state index contributed by atoms with van der Waals surface area (Å²) >= 11 is 8.74. The Kier molecular flexibility index (Phi) is 2.77. The largest absolute Gasteiger partial charge is 0.179 e. The maximum atomic E-state index is 4.48. The van der Waals surface area contributed by atoms with Crippen molar-refractivity contribution < 1.29 is 0 Å². The first-order chi connectivity index (χ1) is 4.24. The maximum absolute atomic E-state index is 4.48. The van der Waals surface area contributed by atoms with Crippen LogP contribution in [0, 0.1) is 11.8 Å². The molecule has 54 valence electrons. The van der Waals surface area contributed by atoms with Gasteiger partial charge in [-0.25, -0.2) is 0 Å². The van der Waals surface area contributed by atoms with Crippen molar-refractivity contribution in [3.05, 3.63) is 0 Å². The third-order valence-corrected chi connectivity index (χ3v) is 3.23. The summed E-state index contributed by atoms with van der Waals surface area (Å²) in [4.78, 5) is 0. The summed E-state index contributed by atoms with van der Waals surface area (Å²) in [7, 11) is 0. The molecule has 1 aliphatic rings. The van der Waals surface area contributed by atoms with Gasteiger partial charge in [-0.3, -0.25) is 0 Å². The van der Waals surface area contributed by atoms with E-state index in [-0.39, 0.29) is 0 Å². The van der Waals surface area contributed by atoms with E-state index >= 15 is 0 Å². The van der Waals surface area contributed by atoms with Gasteiger partial charge >= 0.3 is 0 Å². The van der Waals surface area contributed by atoms with E-state index in [0.29, 0.717) is 5.25 Å². The number of rotatable bonds is 1. The van der Waals surface area contributed by atoms with E-state index in [2.05, 4.69) is 32.2 Å². The Bertz CT molecular complexity index is 92.9. The van der Waals surface area contributed by atoms with E-state index in [1.807, 2.05) is 0 Å². The van der Waals surface area contributed by atoms with Gasteiger partial charge in [-0.1, -0.05) is 6.92 Å². The van der Waals surface area contributed by atoms with Gasteiger partial charge in [0.2, 0.25) is 0 Å². The Morgan fingerprint density at radius 3 is 2.33 bits per heavy atom. The standard InChI is InChI=1S/C7H14S2/c1-5-2-6(4-8)7(9)3-5/h5-9H,2-4H2,1H3/t5-,6?,7-/m1/s1. The third kappa shape index (κ3) is 1.81.